The second-order valence-electron chi connectivity index (χ2n) is 6.66. The first-order valence-corrected chi connectivity index (χ1v) is 9.85. The minimum atomic E-state index is 0. The van der Waals surface area contributed by atoms with Gasteiger partial charge in [-0.3, -0.25) is 0 Å². The van der Waals surface area contributed by atoms with Gasteiger partial charge in [-0.2, -0.15) is 0 Å². The first-order valence-electron chi connectivity index (χ1n) is 9.85. The lowest BCUT2D eigenvalue weighted by Crippen LogP contribution is -2.37. The van der Waals surface area contributed by atoms with Gasteiger partial charge in [0.2, 0.25) is 0 Å². The highest BCUT2D eigenvalue weighted by Gasteiger charge is 2.10. The molecule has 0 saturated carbocycles. The third kappa shape index (κ3) is 7.40. The summed E-state index contributed by atoms with van der Waals surface area (Å²) in [5.74, 6) is 1.67. The summed E-state index contributed by atoms with van der Waals surface area (Å²) in [4.78, 5) is 7.04. The number of benzene rings is 2. The molecule has 6 nitrogen and oxygen atoms in total. The molecule has 2 aromatic rings. The van der Waals surface area contributed by atoms with Gasteiger partial charge in [-0.15, -0.1) is 24.0 Å². The van der Waals surface area contributed by atoms with E-state index in [0.29, 0.717) is 6.54 Å². The maximum absolute atomic E-state index is 5.42. The van der Waals surface area contributed by atoms with Crippen molar-refractivity contribution < 1.29 is 9.47 Å². The molecule has 0 bridgehead atoms. The van der Waals surface area contributed by atoms with Gasteiger partial charge in [-0.1, -0.05) is 24.3 Å². The number of guanidine groups is 1. The van der Waals surface area contributed by atoms with Crippen molar-refractivity contribution in [3.63, 3.8) is 0 Å². The number of morpholine rings is 1. The zero-order valence-electron chi connectivity index (χ0n) is 17.2. The largest absolute Gasteiger partial charge is 0.497 e. The van der Waals surface area contributed by atoms with Crippen molar-refractivity contribution >= 4 is 35.6 Å². The number of halogens is 1. The highest BCUT2D eigenvalue weighted by Crippen LogP contribution is 2.16. The number of methoxy groups -OCH3 is 1. The van der Waals surface area contributed by atoms with Crippen molar-refractivity contribution in [2.75, 3.05) is 44.9 Å². The van der Waals surface area contributed by atoms with Crippen LogP contribution in [0.15, 0.2) is 53.5 Å². The van der Waals surface area contributed by atoms with Crippen LogP contribution in [0.4, 0.5) is 5.69 Å². The van der Waals surface area contributed by atoms with Crippen molar-refractivity contribution in [2.45, 2.75) is 20.0 Å². The maximum Gasteiger partial charge on any atom is 0.191 e. The number of nitrogens with zero attached hydrogens (tertiary/aromatic N) is 2. The van der Waals surface area contributed by atoms with Crippen molar-refractivity contribution in [3.8, 4) is 5.75 Å². The molecule has 3 rings (SSSR count). The van der Waals surface area contributed by atoms with Crippen molar-refractivity contribution in [1.82, 2.24) is 10.6 Å². The zero-order chi connectivity index (χ0) is 19.6. The lowest BCUT2D eigenvalue weighted by Gasteiger charge is -2.28. The van der Waals surface area contributed by atoms with E-state index in [-0.39, 0.29) is 24.0 Å². The first kappa shape index (κ1) is 23.3. The topological polar surface area (TPSA) is 58.1 Å². The van der Waals surface area contributed by atoms with Gasteiger partial charge in [0.25, 0.3) is 0 Å². The smallest absolute Gasteiger partial charge is 0.191 e. The molecule has 29 heavy (non-hydrogen) atoms. The normalized spacial score (nSPS) is 14.1. The van der Waals surface area contributed by atoms with Crippen LogP contribution in [-0.4, -0.2) is 45.9 Å². The molecule has 7 heteroatoms. The third-order valence-corrected chi connectivity index (χ3v) is 4.70. The molecule has 0 atom stereocenters. The van der Waals surface area contributed by atoms with Crippen LogP contribution >= 0.6 is 24.0 Å². The summed E-state index contributed by atoms with van der Waals surface area (Å²) in [6, 6.07) is 16.7. The van der Waals surface area contributed by atoms with Gasteiger partial charge in [-0.25, -0.2) is 4.99 Å². The summed E-state index contributed by atoms with van der Waals surface area (Å²) < 4.78 is 10.6. The van der Waals surface area contributed by atoms with Gasteiger partial charge in [0.05, 0.1) is 26.9 Å². The lowest BCUT2D eigenvalue weighted by atomic mass is 10.2. The molecule has 0 amide bonds. The Hall–Kier alpha value is -2.00. The number of anilines is 1. The summed E-state index contributed by atoms with van der Waals surface area (Å²) in [6.45, 7) is 7.78. The Bertz CT molecular complexity index is 744. The molecule has 2 N–H and O–H groups in total. The van der Waals surface area contributed by atoms with Crippen LogP contribution in [0.25, 0.3) is 0 Å². The van der Waals surface area contributed by atoms with Crippen LogP contribution in [0, 0.1) is 0 Å². The van der Waals surface area contributed by atoms with E-state index < -0.39 is 0 Å². The predicted molar refractivity (Wildman–Crippen MR) is 130 cm³/mol. The minimum absolute atomic E-state index is 0. The number of aliphatic imine (C=N–C) groups is 1. The summed E-state index contributed by atoms with van der Waals surface area (Å²) in [5, 5.41) is 6.71. The van der Waals surface area contributed by atoms with Crippen LogP contribution in [0.1, 0.15) is 18.1 Å². The molecular formula is C22H31IN4O2. The van der Waals surface area contributed by atoms with E-state index in [1.807, 2.05) is 24.3 Å². The molecule has 0 spiro atoms. The van der Waals surface area contributed by atoms with Gasteiger partial charge in [0.1, 0.15) is 5.75 Å². The monoisotopic (exact) mass is 510 g/mol. The highest BCUT2D eigenvalue weighted by molar-refractivity contribution is 14.0. The predicted octanol–water partition coefficient (Wildman–Crippen LogP) is 3.41. The molecule has 2 aromatic carbocycles. The lowest BCUT2D eigenvalue weighted by molar-refractivity contribution is 0.122. The molecular weight excluding hydrogens is 479 g/mol. The van der Waals surface area contributed by atoms with E-state index in [0.717, 1.165) is 56.7 Å². The number of ether oxygens (including phenoxy) is 2. The number of hydrogen-bond donors (Lipinski definition) is 2. The van der Waals surface area contributed by atoms with Crippen LogP contribution in [0.2, 0.25) is 0 Å². The summed E-state index contributed by atoms with van der Waals surface area (Å²) in [5.41, 5.74) is 3.63. The second kappa shape index (κ2) is 12.5. The Balaban J connectivity index is 0.00000300. The number of hydrogen-bond acceptors (Lipinski definition) is 4. The summed E-state index contributed by atoms with van der Waals surface area (Å²) in [6.07, 6.45) is 0. The average molecular weight is 510 g/mol. The molecule has 0 unspecified atom stereocenters. The van der Waals surface area contributed by atoms with Crippen molar-refractivity contribution in [3.05, 3.63) is 59.7 Å². The molecule has 1 fully saturated rings. The fraction of sp³-hybridized carbons (Fsp3) is 0.409. The van der Waals surface area contributed by atoms with Gasteiger partial charge < -0.3 is 25.0 Å². The Morgan fingerprint density at radius 3 is 2.28 bits per heavy atom. The van der Waals surface area contributed by atoms with E-state index in [9.17, 15) is 0 Å². The third-order valence-electron chi connectivity index (χ3n) is 4.70. The Morgan fingerprint density at radius 2 is 1.66 bits per heavy atom. The van der Waals surface area contributed by atoms with Crippen molar-refractivity contribution in [2.24, 2.45) is 4.99 Å². The molecule has 0 aliphatic carbocycles. The van der Waals surface area contributed by atoms with Gasteiger partial charge in [0, 0.05) is 31.9 Å². The fourth-order valence-electron chi connectivity index (χ4n) is 3.07. The van der Waals surface area contributed by atoms with E-state index in [1.165, 1.54) is 11.3 Å². The van der Waals surface area contributed by atoms with E-state index >= 15 is 0 Å². The Kier molecular flexibility index (Phi) is 10.1. The second-order valence-corrected chi connectivity index (χ2v) is 6.66. The Labute approximate surface area is 190 Å². The molecule has 1 saturated heterocycles. The maximum atomic E-state index is 5.42. The van der Waals surface area contributed by atoms with E-state index in [2.05, 4.69) is 51.7 Å². The minimum Gasteiger partial charge on any atom is -0.497 e. The highest BCUT2D eigenvalue weighted by atomic mass is 127. The van der Waals surface area contributed by atoms with Gasteiger partial charge in [-0.05, 0) is 42.3 Å². The molecule has 0 aromatic heterocycles. The summed E-state index contributed by atoms with van der Waals surface area (Å²) in [7, 11) is 1.67. The van der Waals surface area contributed by atoms with Crippen LogP contribution in [0.3, 0.4) is 0 Å². The van der Waals surface area contributed by atoms with Gasteiger partial charge in [0.15, 0.2) is 5.96 Å². The van der Waals surface area contributed by atoms with E-state index in [4.69, 9.17) is 9.47 Å². The van der Waals surface area contributed by atoms with Crippen LogP contribution < -0.4 is 20.3 Å². The molecule has 1 aliphatic rings. The average Bonchev–Trinajstić information content (AvgIpc) is 2.77. The number of rotatable bonds is 7. The van der Waals surface area contributed by atoms with Crippen molar-refractivity contribution in [1.29, 1.82) is 0 Å². The van der Waals surface area contributed by atoms with Gasteiger partial charge >= 0.3 is 0 Å². The number of nitrogens with one attached hydrogen (secondary N) is 2. The van der Waals surface area contributed by atoms with Crippen LogP contribution in [-0.2, 0) is 17.8 Å². The standard InChI is InChI=1S/C22H30N4O2.HI/c1-3-23-22(25-17-19-6-10-21(27-2)11-7-19)24-16-18-4-8-20(9-5-18)26-12-14-28-15-13-26;/h4-11H,3,12-17H2,1-2H3,(H2,23,24,25);1H. The molecule has 1 aliphatic heterocycles. The SMILES string of the molecule is CCNC(=NCc1ccc(OC)cc1)NCc1ccc(N2CCOCC2)cc1.I. The fourth-order valence-corrected chi connectivity index (χ4v) is 3.07. The molecule has 158 valence electrons. The quantitative estimate of drug-likeness (QED) is 0.340. The molecule has 1 heterocycles. The first-order chi connectivity index (χ1) is 13.8. The van der Waals surface area contributed by atoms with E-state index in [1.54, 1.807) is 7.11 Å². The summed E-state index contributed by atoms with van der Waals surface area (Å²) >= 11 is 0. The Morgan fingerprint density at radius 1 is 1.00 bits per heavy atom. The van der Waals surface area contributed by atoms with Crippen LogP contribution in [0.5, 0.6) is 5.75 Å². The zero-order valence-corrected chi connectivity index (χ0v) is 19.5. The molecule has 0 radical (unpaired) electrons.